The lowest BCUT2D eigenvalue weighted by Gasteiger charge is -2.36. The summed E-state index contributed by atoms with van der Waals surface area (Å²) in [5.74, 6) is 1.07. The molecule has 0 radical (unpaired) electrons. The first kappa shape index (κ1) is 14.2. The van der Waals surface area contributed by atoms with E-state index in [1.165, 1.54) is 0 Å². The second kappa shape index (κ2) is 5.92. The fourth-order valence-electron chi connectivity index (χ4n) is 2.54. The summed E-state index contributed by atoms with van der Waals surface area (Å²) in [4.78, 5) is 29.1. The van der Waals surface area contributed by atoms with Crippen LogP contribution in [-0.2, 0) is 0 Å². The van der Waals surface area contributed by atoms with Crippen molar-refractivity contribution in [3.05, 3.63) is 45.1 Å². The summed E-state index contributed by atoms with van der Waals surface area (Å²) >= 11 is 0. The van der Waals surface area contributed by atoms with Crippen molar-refractivity contribution < 1.29 is 4.74 Å². The third-order valence-electron chi connectivity index (χ3n) is 3.69. The largest absolute Gasteiger partial charge is 0.497 e. The summed E-state index contributed by atoms with van der Waals surface area (Å²) in [5, 5.41) is 6.10. The molecule has 0 bridgehead atoms. The Bertz CT molecular complexity index is 761. The molecule has 1 aromatic heterocycles. The Labute approximate surface area is 126 Å². The van der Waals surface area contributed by atoms with Crippen molar-refractivity contribution in [2.75, 3.05) is 43.1 Å². The molecule has 0 aliphatic carbocycles. The van der Waals surface area contributed by atoms with Gasteiger partial charge in [-0.1, -0.05) is 6.07 Å². The van der Waals surface area contributed by atoms with E-state index in [0.717, 1.165) is 24.5 Å². The van der Waals surface area contributed by atoms with E-state index in [-0.39, 0.29) is 5.82 Å². The number of aromatic nitrogens is 3. The monoisotopic (exact) mass is 303 g/mol. The lowest BCUT2D eigenvalue weighted by molar-refractivity contribution is 0.414. The molecule has 1 fully saturated rings. The van der Waals surface area contributed by atoms with Crippen molar-refractivity contribution in [1.29, 1.82) is 0 Å². The number of ether oxygens (including phenoxy) is 1. The molecule has 8 heteroatoms. The van der Waals surface area contributed by atoms with Crippen LogP contribution < -0.4 is 25.8 Å². The first-order valence-electron chi connectivity index (χ1n) is 7.00. The molecule has 116 valence electrons. The molecule has 1 aliphatic rings. The van der Waals surface area contributed by atoms with E-state index in [0.29, 0.717) is 13.1 Å². The van der Waals surface area contributed by atoms with Crippen molar-refractivity contribution in [2.45, 2.75) is 0 Å². The molecule has 2 heterocycles. The van der Waals surface area contributed by atoms with Crippen LogP contribution in [0.1, 0.15) is 0 Å². The molecule has 2 N–H and O–H groups in total. The van der Waals surface area contributed by atoms with Gasteiger partial charge in [0.2, 0.25) is 5.82 Å². The van der Waals surface area contributed by atoms with Crippen LogP contribution in [0.4, 0.5) is 11.5 Å². The van der Waals surface area contributed by atoms with Crippen molar-refractivity contribution in [3.63, 3.8) is 0 Å². The molecule has 0 unspecified atom stereocenters. The van der Waals surface area contributed by atoms with Crippen LogP contribution in [0.2, 0.25) is 0 Å². The molecule has 2 aromatic rings. The minimum absolute atomic E-state index is 0.255. The normalized spacial score (nSPS) is 15.0. The maximum atomic E-state index is 11.8. The highest BCUT2D eigenvalue weighted by Gasteiger charge is 2.20. The molecule has 0 saturated carbocycles. The Morgan fingerprint density at radius 2 is 1.86 bits per heavy atom. The van der Waals surface area contributed by atoms with E-state index in [2.05, 4.69) is 20.1 Å². The highest BCUT2D eigenvalue weighted by Crippen LogP contribution is 2.22. The van der Waals surface area contributed by atoms with E-state index >= 15 is 0 Å². The van der Waals surface area contributed by atoms with Crippen molar-refractivity contribution in [1.82, 2.24) is 15.2 Å². The van der Waals surface area contributed by atoms with E-state index < -0.39 is 11.2 Å². The van der Waals surface area contributed by atoms with Gasteiger partial charge in [-0.15, -0.1) is 5.10 Å². The third kappa shape index (κ3) is 2.80. The Morgan fingerprint density at radius 1 is 1.14 bits per heavy atom. The average Bonchev–Trinajstić information content (AvgIpc) is 2.55. The second-order valence-corrected chi connectivity index (χ2v) is 5.01. The van der Waals surface area contributed by atoms with Gasteiger partial charge >= 0.3 is 5.69 Å². The molecule has 1 aliphatic heterocycles. The maximum Gasteiger partial charge on any atom is 0.342 e. The van der Waals surface area contributed by atoms with E-state index in [1.807, 2.05) is 29.2 Å². The fourth-order valence-corrected chi connectivity index (χ4v) is 2.54. The predicted octanol–water partition coefficient (Wildman–Crippen LogP) is -0.207. The number of nitrogens with zero attached hydrogens (tertiary/aromatic N) is 3. The summed E-state index contributed by atoms with van der Waals surface area (Å²) in [6.45, 7) is 2.82. The fraction of sp³-hybridized carbons (Fsp3) is 0.357. The van der Waals surface area contributed by atoms with Gasteiger partial charge in [-0.25, -0.2) is 9.89 Å². The zero-order valence-corrected chi connectivity index (χ0v) is 12.2. The topological polar surface area (TPSA) is 94.3 Å². The zero-order chi connectivity index (χ0) is 15.5. The highest BCUT2D eigenvalue weighted by molar-refractivity contribution is 5.52. The zero-order valence-electron chi connectivity index (χ0n) is 12.2. The van der Waals surface area contributed by atoms with Crippen LogP contribution in [0.5, 0.6) is 5.75 Å². The van der Waals surface area contributed by atoms with Crippen LogP contribution in [0.25, 0.3) is 0 Å². The Balaban J connectivity index is 1.72. The molecule has 1 saturated heterocycles. The SMILES string of the molecule is COc1cccc(N2CCN(c3n[nH]c(=O)[nH]c3=O)CC2)c1. The summed E-state index contributed by atoms with van der Waals surface area (Å²) in [7, 11) is 1.64. The first-order chi connectivity index (χ1) is 10.7. The number of hydrogen-bond donors (Lipinski definition) is 2. The number of benzene rings is 1. The average molecular weight is 303 g/mol. The molecule has 0 amide bonds. The molecular weight excluding hydrogens is 286 g/mol. The van der Waals surface area contributed by atoms with Gasteiger partial charge in [0.1, 0.15) is 5.75 Å². The van der Waals surface area contributed by atoms with Crippen LogP contribution >= 0.6 is 0 Å². The molecular formula is C14H17N5O3. The summed E-state index contributed by atoms with van der Waals surface area (Å²) in [5.41, 5.74) is 0.0321. The number of H-pyrrole nitrogens is 2. The van der Waals surface area contributed by atoms with Gasteiger partial charge in [0.25, 0.3) is 5.56 Å². The standard InChI is InChI=1S/C14H17N5O3/c1-22-11-4-2-3-10(9-11)18-5-7-19(8-6-18)12-13(20)15-14(21)17-16-12/h2-4,9H,5-8H2,1H3,(H2,15,17,20,21). The quantitative estimate of drug-likeness (QED) is 0.815. The lowest BCUT2D eigenvalue weighted by Crippen LogP contribution is -2.49. The summed E-state index contributed by atoms with van der Waals surface area (Å²) in [6.07, 6.45) is 0. The van der Waals surface area contributed by atoms with E-state index in [1.54, 1.807) is 7.11 Å². The third-order valence-corrected chi connectivity index (χ3v) is 3.69. The molecule has 0 atom stereocenters. The first-order valence-corrected chi connectivity index (χ1v) is 7.00. The number of piperazine rings is 1. The van der Waals surface area contributed by atoms with Gasteiger partial charge < -0.3 is 14.5 Å². The second-order valence-electron chi connectivity index (χ2n) is 5.01. The van der Waals surface area contributed by atoms with Crippen LogP contribution in [-0.4, -0.2) is 48.5 Å². The van der Waals surface area contributed by atoms with Gasteiger partial charge in [0.15, 0.2) is 0 Å². The Kier molecular flexibility index (Phi) is 3.82. The smallest absolute Gasteiger partial charge is 0.342 e. The molecule has 22 heavy (non-hydrogen) atoms. The molecule has 8 nitrogen and oxygen atoms in total. The van der Waals surface area contributed by atoms with E-state index in [9.17, 15) is 9.59 Å². The molecule has 1 aromatic carbocycles. The van der Waals surface area contributed by atoms with Gasteiger partial charge in [-0.3, -0.25) is 9.78 Å². The number of hydrogen-bond acceptors (Lipinski definition) is 6. The maximum absolute atomic E-state index is 11.8. The summed E-state index contributed by atoms with van der Waals surface area (Å²) in [6, 6.07) is 7.88. The van der Waals surface area contributed by atoms with E-state index in [4.69, 9.17) is 4.74 Å². The lowest BCUT2D eigenvalue weighted by atomic mass is 10.2. The van der Waals surface area contributed by atoms with Gasteiger partial charge in [0, 0.05) is 37.9 Å². The molecule has 3 rings (SSSR count). The van der Waals surface area contributed by atoms with Crippen molar-refractivity contribution >= 4 is 11.5 Å². The van der Waals surface area contributed by atoms with Crippen LogP contribution in [0.3, 0.4) is 0 Å². The number of rotatable bonds is 3. The summed E-state index contributed by atoms with van der Waals surface area (Å²) < 4.78 is 5.24. The minimum Gasteiger partial charge on any atom is -0.497 e. The number of methoxy groups -OCH3 is 1. The number of nitrogens with one attached hydrogen (secondary N) is 2. The molecule has 0 spiro atoms. The van der Waals surface area contributed by atoms with Crippen molar-refractivity contribution in [3.8, 4) is 5.75 Å². The van der Waals surface area contributed by atoms with Gasteiger partial charge in [0.05, 0.1) is 7.11 Å². The highest BCUT2D eigenvalue weighted by atomic mass is 16.5. The Hall–Kier alpha value is -2.77. The van der Waals surface area contributed by atoms with Crippen LogP contribution in [0.15, 0.2) is 33.9 Å². The van der Waals surface area contributed by atoms with Crippen molar-refractivity contribution in [2.24, 2.45) is 0 Å². The predicted molar refractivity (Wildman–Crippen MR) is 82.9 cm³/mol. The van der Waals surface area contributed by atoms with Gasteiger partial charge in [-0.2, -0.15) is 0 Å². The van der Waals surface area contributed by atoms with Crippen LogP contribution in [0, 0.1) is 0 Å². The number of anilines is 2. The minimum atomic E-state index is -0.594. The van der Waals surface area contributed by atoms with Gasteiger partial charge in [-0.05, 0) is 12.1 Å². The Morgan fingerprint density at radius 3 is 2.55 bits per heavy atom. The number of aromatic amines is 2.